The van der Waals surface area contributed by atoms with Gasteiger partial charge in [-0.2, -0.15) is 0 Å². The second-order valence-corrected chi connectivity index (χ2v) is 4.28. The number of aromatic amines is 1. The van der Waals surface area contributed by atoms with Crippen molar-refractivity contribution in [2.24, 2.45) is 0 Å². The maximum absolute atomic E-state index is 8.99. The number of aliphatic hydroxyl groups is 1. The Balaban J connectivity index is 2.65. The molecule has 1 aromatic carbocycles. The van der Waals surface area contributed by atoms with Crippen LogP contribution in [0.15, 0.2) is 12.1 Å². The van der Waals surface area contributed by atoms with Crippen molar-refractivity contribution in [1.29, 1.82) is 0 Å². The smallest absolute Gasteiger partial charge is 0.143 e. The van der Waals surface area contributed by atoms with Crippen molar-refractivity contribution in [3.05, 3.63) is 23.4 Å². The lowest BCUT2D eigenvalue weighted by Crippen LogP contribution is -1.93. The number of benzene rings is 1. The van der Waals surface area contributed by atoms with Crippen molar-refractivity contribution >= 4 is 10.9 Å². The first kappa shape index (κ1) is 12.8. The number of H-pyrrole nitrogens is 1. The molecule has 0 fully saturated rings. The van der Waals surface area contributed by atoms with Gasteiger partial charge in [0.1, 0.15) is 11.5 Å². The van der Waals surface area contributed by atoms with Crippen LogP contribution in [0.3, 0.4) is 0 Å². The Morgan fingerprint density at radius 1 is 1.17 bits per heavy atom. The van der Waals surface area contributed by atoms with Crippen molar-refractivity contribution in [2.75, 3.05) is 20.8 Å². The number of aliphatic hydroxyl groups excluding tert-OH is 1. The van der Waals surface area contributed by atoms with E-state index in [0.717, 1.165) is 40.9 Å². The minimum atomic E-state index is 0.193. The average molecular weight is 249 g/mol. The molecule has 0 unspecified atom stereocenters. The van der Waals surface area contributed by atoms with E-state index in [4.69, 9.17) is 14.6 Å². The molecule has 0 aliphatic heterocycles. The Morgan fingerprint density at radius 3 is 2.44 bits per heavy atom. The van der Waals surface area contributed by atoms with Crippen LogP contribution in [0.5, 0.6) is 11.5 Å². The average Bonchev–Trinajstić information content (AvgIpc) is 2.72. The molecule has 1 heterocycles. The van der Waals surface area contributed by atoms with Crippen LogP contribution in [-0.2, 0) is 6.42 Å². The molecule has 0 spiro atoms. The molecule has 2 N–H and O–H groups in total. The predicted molar refractivity (Wildman–Crippen MR) is 71.5 cm³/mol. The van der Waals surface area contributed by atoms with Gasteiger partial charge in [-0.1, -0.05) is 0 Å². The highest BCUT2D eigenvalue weighted by Gasteiger charge is 2.16. The van der Waals surface area contributed by atoms with Gasteiger partial charge >= 0.3 is 0 Å². The van der Waals surface area contributed by atoms with E-state index in [0.29, 0.717) is 0 Å². The number of hydrogen-bond donors (Lipinski definition) is 2. The molecule has 2 aromatic rings. The lowest BCUT2D eigenvalue weighted by atomic mass is 10.0. The Morgan fingerprint density at radius 2 is 1.83 bits per heavy atom. The Bertz CT molecular complexity index is 545. The zero-order valence-electron chi connectivity index (χ0n) is 11.0. The van der Waals surface area contributed by atoms with Crippen molar-refractivity contribution in [1.82, 2.24) is 4.98 Å². The highest BCUT2D eigenvalue weighted by Crippen LogP contribution is 2.37. The first-order chi connectivity index (χ1) is 8.72. The van der Waals surface area contributed by atoms with Crippen LogP contribution >= 0.6 is 0 Å². The van der Waals surface area contributed by atoms with Gasteiger partial charge in [0.15, 0.2) is 0 Å². The molecular formula is C14H19NO3. The first-order valence-electron chi connectivity index (χ1n) is 6.06. The maximum Gasteiger partial charge on any atom is 0.143 e. The molecular weight excluding hydrogens is 230 g/mol. The molecule has 0 aliphatic rings. The van der Waals surface area contributed by atoms with Crippen LogP contribution in [0.25, 0.3) is 10.9 Å². The lowest BCUT2D eigenvalue weighted by molar-refractivity contribution is 0.288. The number of aromatic nitrogens is 1. The topological polar surface area (TPSA) is 54.5 Å². The number of methoxy groups -OCH3 is 2. The third-order valence-electron chi connectivity index (χ3n) is 3.22. The van der Waals surface area contributed by atoms with Crippen LogP contribution in [0, 0.1) is 6.92 Å². The molecule has 0 saturated heterocycles. The van der Waals surface area contributed by atoms with Crippen molar-refractivity contribution < 1.29 is 14.6 Å². The number of aryl methyl sites for hydroxylation is 2. The fraction of sp³-hybridized carbons (Fsp3) is 0.429. The van der Waals surface area contributed by atoms with Gasteiger partial charge < -0.3 is 19.6 Å². The van der Waals surface area contributed by atoms with Gasteiger partial charge in [0.25, 0.3) is 0 Å². The van der Waals surface area contributed by atoms with E-state index >= 15 is 0 Å². The van der Waals surface area contributed by atoms with Crippen LogP contribution in [0.4, 0.5) is 0 Å². The van der Waals surface area contributed by atoms with E-state index < -0.39 is 0 Å². The normalized spacial score (nSPS) is 10.9. The summed E-state index contributed by atoms with van der Waals surface area (Å²) in [5.41, 5.74) is 3.25. The summed E-state index contributed by atoms with van der Waals surface area (Å²) in [7, 11) is 3.32. The summed E-state index contributed by atoms with van der Waals surface area (Å²) in [6.45, 7) is 2.23. The van der Waals surface area contributed by atoms with E-state index in [2.05, 4.69) is 4.98 Å². The quantitative estimate of drug-likeness (QED) is 0.855. The second-order valence-electron chi connectivity index (χ2n) is 4.28. The summed E-state index contributed by atoms with van der Waals surface area (Å²) in [6.07, 6.45) is 1.57. The number of nitrogens with one attached hydrogen (secondary N) is 1. The third kappa shape index (κ3) is 2.04. The van der Waals surface area contributed by atoms with Crippen molar-refractivity contribution in [3.8, 4) is 11.5 Å². The molecule has 0 bridgehead atoms. The molecule has 0 amide bonds. The first-order valence-corrected chi connectivity index (χ1v) is 6.06. The minimum Gasteiger partial charge on any atom is -0.496 e. The Hall–Kier alpha value is -1.68. The largest absolute Gasteiger partial charge is 0.496 e. The van der Waals surface area contributed by atoms with Gasteiger partial charge in [-0.05, 0) is 37.5 Å². The van der Waals surface area contributed by atoms with Crippen LogP contribution in [0.2, 0.25) is 0 Å². The number of ether oxygens (including phenoxy) is 2. The summed E-state index contributed by atoms with van der Waals surface area (Å²) in [6, 6.07) is 3.81. The van der Waals surface area contributed by atoms with Crippen LogP contribution in [-0.4, -0.2) is 30.9 Å². The second kappa shape index (κ2) is 5.31. The van der Waals surface area contributed by atoms with E-state index in [9.17, 15) is 0 Å². The molecule has 2 rings (SSSR count). The summed E-state index contributed by atoms with van der Waals surface area (Å²) in [5.74, 6) is 1.65. The molecule has 4 nitrogen and oxygen atoms in total. The fourth-order valence-electron chi connectivity index (χ4n) is 2.35. The van der Waals surface area contributed by atoms with Crippen molar-refractivity contribution in [2.45, 2.75) is 19.8 Å². The molecule has 1 aromatic heterocycles. The Kier molecular flexibility index (Phi) is 3.77. The summed E-state index contributed by atoms with van der Waals surface area (Å²) < 4.78 is 10.8. The summed E-state index contributed by atoms with van der Waals surface area (Å²) >= 11 is 0. The Labute approximate surface area is 107 Å². The minimum absolute atomic E-state index is 0.193. The van der Waals surface area contributed by atoms with Gasteiger partial charge in [0, 0.05) is 17.7 Å². The van der Waals surface area contributed by atoms with Gasteiger partial charge in [-0.3, -0.25) is 0 Å². The van der Waals surface area contributed by atoms with E-state index in [1.165, 1.54) is 5.56 Å². The molecule has 18 heavy (non-hydrogen) atoms. The highest BCUT2D eigenvalue weighted by atomic mass is 16.5. The lowest BCUT2D eigenvalue weighted by Gasteiger charge is -2.08. The zero-order chi connectivity index (χ0) is 13.1. The zero-order valence-corrected chi connectivity index (χ0v) is 11.0. The number of fused-ring (bicyclic) bond motifs is 1. The van der Waals surface area contributed by atoms with Gasteiger partial charge in [0.2, 0.25) is 0 Å². The molecule has 0 aliphatic carbocycles. The predicted octanol–water partition coefficient (Wildman–Crippen LogP) is 2.42. The fourth-order valence-corrected chi connectivity index (χ4v) is 2.35. The van der Waals surface area contributed by atoms with Crippen LogP contribution in [0.1, 0.15) is 17.7 Å². The molecule has 0 radical (unpaired) electrons. The summed E-state index contributed by atoms with van der Waals surface area (Å²) in [5, 5.41) is 10.0. The van der Waals surface area contributed by atoms with Gasteiger partial charge in [-0.25, -0.2) is 0 Å². The molecule has 4 heteroatoms. The number of hydrogen-bond acceptors (Lipinski definition) is 3. The number of rotatable bonds is 5. The molecule has 0 saturated carbocycles. The van der Waals surface area contributed by atoms with E-state index in [-0.39, 0.29) is 6.61 Å². The molecule has 98 valence electrons. The third-order valence-corrected chi connectivity index (χ3v) is 3.22. The standard InChI is InChI=1S/C14H19NO3/c1-9-10(5-4-8-16)13-11(17-2)6-7-12(18-3)14(13)15-9/h6-7,15-16H,4-5,8H2,1-3H3. The van der Waals surface area contributed by atoms with E-state index in [1.807, 2.05) is 19.1 Å². The monoisotopic (exact) mass is 249 g/mol. The van der Waals surface area contributed by atoms with Gasteiger partial charge in [0.05, 0.1) is 19.7 Å². The maximum atomic E-state index is 8.99. The highest BCUT2D eigenvalue weighted by molar-refractivity contribution is 5.94. The van der Waals surface area contributed by atoms with Crippen molar-refractivity contribution in [3.63, 3.8) is 0 Å². The van der Waals surface area contributed by atoms with Crippen LogP contribution < -0.4 is 9.47 Å². The van der Waals surface area contributed by atoms with Gasteiger partial charge in [-0.15, -0.1) is 0 Å². The summed E-state index contributed by atoms with van der Waals surface area (Å²) in [4.78, 5) is 3.34. The molecule has 0 atom stereocenters. The SMILES string of the molecule is COc1ccc(OC)c2c(CCCO)c(C)[nH]c12. The van der Waals surface area contributed by atoms with E-state index in [1.54, 1.807) is 14.2 Å².